The van der Waals surface area contributed by atoms with Gasteiger partial charge in [-0.15, -0.1) is 0 Å². The van der Waals surface area contributed by atoms with Gasteiger partial charge in [-0.2, -0.15) is 0 Å². The molecule has 2 rings (SSSR count). The molecule has 2 nitrogen and oxygen atoms in total. The molecule has 0 unspecified atom stereocenters. The summed E-state index contributed by atoms with van der Waals surface area (Å²) in [6.45, 7) is 6.34. The lowest BCUT2D eigenvalue weighted by Crippen LogP contribution is -2.00. The Kier molecular flexibility index (Phi) is 3.56. The predicted octanol–water partition coefficient (Wildman–Crippen LogP) is 4.19. The molecule has 0 saturated carbocycles. The van der Waals surface area contributed by atoms with Gasteiger partial charge < -0.3 is 11.1 Å². The molecule has 0 aliphatic rings. The van der Waals surface area contributed by atoms with E-state index in [1.807, 2.05) is 12.1 Å². The highest BCUT2D eigenvalue weighted by atomic mass is 14.9. The Morgan fingerprint density at radius 1 is 1.00 bits per heavy atom. The van der Waals surface area contributed by atoms with E-state index in [1.165, 1.54) is 16.7 Å². The van der Waals surface area contributed by atoms with Crippen molar-refractivity contribution in [2.75, 3.05) is 11.1 Å². The molecule has 0 atom stereocenters. The molecule has 0 aromatic heterocycles. The molecule has 0 heterocycles. The lowest BCUT2D eigenvalue weighted by atomic mass is 10.1. The maximum absolute atomic E-state index is 6.07. The van der Waals surface area contributed by atoms with Crippen LogP contribution in [-0.2, 0) is 6.42 Å². The Balaban J connectivity index is 2.37. The van der Waals surface area contributed by atoms with Crippen molar-refractivity contribution in [3.8, 4) is 0 Å². The largest absolute Gasteiger partial charge is 0.397 e. The summed E-state index contributed by atoms with van der Waals surface area (Å²) < 4.78 is 0. The second-order valence-electron chi connectivity index (χ2n) is 4.66. The van der Waals surface area contributed by atoms with Crippen molar-refractivity contribution in [1.29, 1.82) is 0 Å². The molecule has 0 radical (unpaired) electrons. The molecule has 94 valence electrons. The van der Waals surface area contributed by atoms with Gasteiger partial charge in [-0.3, -0.25) is 0 Å². The highest BCUT2D eigenvalue weighted by molar-refractivity contribution is 5.75. The molecular weight excluding hydrogens is 220 g/mol. The van der Waals surface area contributed by atoms with Gasteiger partial charge in [-0.25, -0.2) is 0 Å². The summed E-state index contributed by atoms with van der Waals surface area (Å²) in [6, 6.07) is 12.5. The molecular formula is C16H20N2. The molecule has 0 bridgehead atoms. The topological polar surface area (TPSA) is 38.0 Å². The molecule has 0 aliphatic heterocycles. The SMILES string of the molecule is CCc1ccccc1Nc1cc(C)c(C)cc1N. The van der Waals surface area contributed by atoms with E-state index in [0.717, 1.165) is 23.5 Å². The van der Waals surface area contributed by atoms with Crippen molar-refractivity contribution in [3.63, 3.8) is 0 Å². The van der Waals surface area contributed by atoms with Gasteiger partial charge in [0.05, 0.1) is 11.4 Å². The Morgan fingerprint density at radius 2 is 1.67 bits per heavy atom. The van der Waals surface area contributed by atoms with Crippen molar-refractivity contribution in [3.05, 3.63) is 53.1 Å². The van der Waals surface area contributed by atoms with Crippen molar-refractivity contribution in [1.82, 2.24) is 0 Å². The van der Waals surface area contributed by atoms with E-state index in [0.29, 0.717) is 0 Å². The first-order valence-corrected chi connectivity index (χ1v) is 6.33. The van der Waals surface area contributed by atoms with Crippen molar-refractivity contribution < 1.29 is 0 Å². The van der Waals surface area contributed by atoms with Gasteiger partial charge in [0.25, 0.3) is 0 Å². The van der Waals surface area contributed by atoms with E-state index >= 15 is 0 Å². The Hall–Kier alpha value is -1.96. The van der Waals surface area contributed by atoms with Gasteiger partial charge in [-0.1, -0.05) is 25.1 Å². The number of rotatable bonds is 3. The molecule has 2 aromatic carbocycles. The summed E-state index contributed by atoms with van der Waals surface area (Å²) in [5.41, 5.74) is 12.8. The number of nitrogens with one attached hydrogen (secondary N) is 1. The number of hydrogen-bond donors (Lipinski definition) is 2. The Bertz CT molecular complexity index is 559. The molecule has 0 saturated heterocycles. The quantitative estimate of drug-likeness (QED) is 0.789. The number of hydrogen-bond acceptors (Lipinski definition) is 2. The average Bonchev–Trinajstić information content (AvgIpc) is 2.36. The maximum Gasteiger partial charge on any atom is 0.0620 e. The van der Waals surface area contributed by atoms with Crippen LogP contribution >= 0.6 is 0 Å². The van der Waals surface area contributed by atoms with Gasteiger partial charge in [0, 0.05) is 5.69 Å². The minimum atomic E-state index is 0.795. The third kappa shape index (κ3) is 2.48. The van der Waals surface area contributed by atoms with Crippen LogP contribution < -0.4 is 11.1 Å². The summed E-state index contributed by atoms with van der Waals surface area (Å²) in [5, 5.41) is 3.43. The number of para-hydroxylation sites is 1. The van der Waals surface area contributed by atoms with E-state index in [9.17, 15) is 0 Å². The van der Waals surface area contributed by atoms with Gasteiger partial charge in [-0.05, 0) is 55.2 Å². The number of nitrogen functional groups attached to an aromatic ring is 1. The fraction of sp³-hybridized carbons (Fsp3) is 0.250. The number of nitrogens with two attached hydrogens (primary N) is 1. The van der Waals surface area contributed by atoms with Crippen LogP contribution in [0.3, 0.4) is 0 Å². The zero-order chi connectivity index (χ0) is 13.1. The minimum Gasteiger partial charge on any atom is -0.397 e. The van der Waals surface area contributed by atoms with E-state index < -0.39 is 0 Å². The summed E-state index contributed by atoms with van der Waals surface area (Å²) in [6.07, 6.45) is 1.01. The highest BCUT2D eigenvalue weighted by Crippen LogP contribution is 2.28. The summed E-state index contributed by atoms with van der Waals surface area (Å²) in [5.74, 6) is 0. The normalized spacial score (nSPS) is 10.4. The molecule has 0 amide bonds. The van der Waals surface area contributed by atoms with Crippen LogP contribution in [0.2, 0.25) is 0 Å². The predicted molar refractivity (Wildman–Crippen MR) is 79.4 cm³/mol. The molecule has 18 heavy (non-hydrogen) atoms. The first-order valence-electron chi connectivity index (χ1n) is 6.33. The van der Waals surface area contributed by atoms with E-state index in [1.54, 1.807) is 0 Å². The number of anilines is 3. The summed E-state index contributed by atoms with van der Waals surface area (Å²) in [4.78, 5) is 0. The maximum atomic E-state index is 6.07. The van der Waals surface area contributed by atoms with Crippen LogP contribution in [0.15, 0.2) is 36.4 Å². The first kappa shape index (κ1) is 12.5. The monoisotopic (exact) mass is 240 g/mol. The van der Waals surface area contributed by atoms with Crippen LogP contribution in [-0.4, -0.2) is 0 Å². The third-order valence-electron chi connectivity index (χ3n) is 3.33. The van der Waals surface area contributed by atoms with Crippen LogP contribution in [0, 0.1) is 13.8 Å². The second kappa shape index (κ2) is 5.13. The van der Waals surface area contributed by atoms with Gasteiger partial charge in [0.2, 0.25) is 0 Å². The first-order chi connectivity index (χ1) is 8.61. The molecule has 3 N–H and O–H groups in total. The zero-order valence-corrected chi connectivity index (χ0v) is 11.2. The smallest absolute Gasteiger partial charge is 0.0620 e. The van der Waals surface area contributed by atoms with Crippen LogP contribution in [0.1, 0.15) is 23.6 Å². The van der Waals surface area contributed by atoms with Gasteiger partial charge >= 0.3 is 0 Å². The summed E-state index contributed by atoms with van der Waals surface area (Å²) >= 11 is 0. The van der Waals surface area contributed by atoms with E-state index in [4.69, 9.17) is 5.73 Å². The van der Waals surface area contributed by atoms with Crippen LogP contribution in [0.5, 0.6) is 0 Å². The minimum absolute atomic E-state index is 0.795. The van der Waals surface area contributed by atoms with Gasteiger partial charge in [0.15, 0.2) is 0 Å². The molecule has 2 aromatic rings. The van der Waals surface area contributed by atoms with E-state index in [2.05, 4.69) is 50.4 Å². The van der Waals surface area contributed by atoms with Crippen LogP contribution in [0.4, 0.5) is 17.1 Å². The second-order valence-corrected chi connectivity index (χ2v) is 4.66. The fourth-order valence-electron chi connectivity index (χ4n) is 2.04. The Labute approximate surface area is 109 Å². The summed E-state index contributed by atoms with van der Waals surface area (Å²) in [7, 11) is 0. The number of benzene rings is 2. The van der Waals surface area contributed by atoms with Crippen molar-refractivity contribution in [2.45, 2.75) is 27.2 Å². The van der Waals surface area contributed by atoms with Gasteiger partial charge in [0.1, 0.15) is 0 Å². The lowest BCUT2D eigenvalue weighted by Gasteiger charge is -2.14. The zero-order valence-electron chi connectivity index (χ0n) is 11.2. The standard InChI is InChI=1S/C16H20N2/c1-4-13-7-5-6-8-15(13)18-16-10-12(3)11(2)9-14(16)17/h5-10,18H,4,17H2,1-3H3. The van der Waals surface area contributed by atoms with Crippen molar-refractivity contribution in [2.24, 2.45) is 0 Å². The molecule has 0 spiro atoms. The lowest BCUT2D eigenvalue weighted by molar-refractivity contribution is 1.14. The molecule has 0 aliphatic carbocycles. The van der Waals surface area contributed by atoms with Crippen LogP contribution in [0.25, 0.3) is 0 Å². The van der Waals surface area contributed by atoms with E-state index in [-0.39, 0.29) is 0 Å². The molecule has 0 fully saturated rings. The number of aryl methyl sites for hydroxylation is 3. The van der Waals surface area contributed by atoms with Crippen molar-refractivity contribution >= 4 is 17.1 Å². The Morgan fingerprint density at radius 3 is 2.39 bits per heavy atom. The average molecular weight is 240 g/mol. The molecule has 2 heteroatoms. The third-order valence-corrected chi connectivity index (χ3v) is 3.33. The fourth-order valence-corrected chi connectivity index (χ4v) is 2.04. The highest BCUT2D eigenvalue weighted by Gasteiger charge is 2.05.